The Morgan fingerprint density at radius 2 is 1.57 bits per heavy atom. The molecule has 1 aliphatic carbocycles. The van der Waals surface area contributed by atoms with Gasteiger partial charge < -0.3 is 30.3 Å². The Kier molecular flexibility index (Phi) is 8.48. The largest absolute Gasteiger partial charge is 0.479 e. The molecule has 0 heterocycles. The van der Waals surface area contributed by atoms with Crippen LogP contribution in [-0.2, 0) is 19.1 Å². The number of hydrogen-bond acceptors (Lipinski definition) is 6. The van der Waals surface area contributed by atoms with Crippen LogP contribution in [-0.4, -0.2) is 65.7 Å². The van der Waals surface area contributed by atoms with E-state index in [-0.39, 0.29) is 32.1 Å². The predicted octanol–water partition coefficient (Wildman–Crippen LogP) is 2.66. The van der Waals surface area contributed by atoms with Gasteiger partial charge in [-0.3, -0.25) is 4.79 Å². The first-order valence-electron chi connectivity index (χ1n) is 11.5. The number of nitrogens with one attached hydrogen (secondary N) is 2. The molecule has 9 nitrogen and oxygen atoms in total. The molecule has 35 heavy (non-hydrogen) atoms. The molecule has 2 aromatic carbocycles. The number of rotatable bonds is 10. The highest BCUT2D eigenvalue weighted by Crippen LogP contribution is 2.44. The molecule has 0 saturated carbocycles. The lowest BCUT2D eigenvalue weighted by Gasteiger charge is -2.25. The third-order valence-electron chi connectivity index (χ3n) is 5.64. The highest BCUT2D eigenvalue weighted by Gasteiger charge is 2.30. The minimum Gasteiger partial charge on any atom is -0.479 e. The fourth-order valence-corrected chi connectivity index (χ4v) is 3.88. The predicted molar refractivity (Wildman–Crippen MR) is 129 cm³/mol. The number of carbonyl (C=O) groups excluding carboxylic acids is 2. The van der Waals surface area contributed by atoms with E-state index < -0.39 is 35.7 Å². The van der Waals surface area contributed by atoms with Crippen LogP contribution in [0.2, 0.25) is 0 Å². The SMILES string of the molecule is CC(C)(C)OC[C@H](NC(=O)OCC1c2ccccc2-c2ccccc21)C(=O)NCC[C@H](O)C(=O)O. The number of aliphatic hydroxyl groups excluding tert-OH is 1. The molecule has 3 rings (SSSR count). The molecule has 0 aliphatic heterocycles. The van der Waals surface area contributed by atoms with Crippen molar-refractivity contribution in [2.75, 3.05) is 19.8 Å². The quantitative estimate of drug-likeness (QED) is 0.407. The lowest BCUT2D eigenvalue weighted by atomic mass is 9.98. The molecule has 4 N–H and O–H groups in total. The third-order valence-corrected chi connectivity index (χ3v) is 5.64. The summed E-state index contributed by atoms with van der Waals surface area (Å²) in [6.45, 7) is 5.36. The van der Waals surface area contributed by atoms with Gasteiger partial charge in [0.1, 0.15) is 12.6 Å². The topological polar surface area (TPSA) is 134 Å². The van der Waals surface area contributed by atoms with Gasteiger partial charge in [0.15, 0.2) is 6.10 Å². The zero-order chi connectivity index (χ0) is 25.6. The molecular weight excluding hydrogens is 452 g/mol. The summed E-state index contributed by atoms with van der Waals surface area (Å²) in [5, 5.41) is 23.2. The zero-order valence-electron chi connectivity index (χ0n) is 20.1. The van der Waals surface area contributed by atoms with Crippen LogP contribution in [0.15, 0.2) is 48.5 Å². The van der Waals surface area contributed by atoms with Crippen molar-refractivity contribution in [1.82, 2.24) is 10.6 Å². The number of aliphatic hydroxyl groups is 1. The standard InChI is InChI=1S/C26H32N2O7/c1-26(2,3)35-15-21(23(30)27-13-12-22(29)24(31)32)28-25(33)34-14-20-18-10-6-4-8-16(18)17-9-5-7-11-19(17)20/h4-11,20-22,29H,12-15H2,1-3H3,(H,27,30)(H,28,33)(H,31,32)/t21-,22-/m0/s1. The summed E-state index contributed by atoms with van der Waals surface area (Å²) in [5.41, 5.74) is 3.81. The Morgan fingerprint density at radius 3 is 2.11 bits per heavy atom. The average molecular weight is 485 g/mol. The van der Waals surface area contributed by atoms with Gasteiger partial charge in [0.25, 0.3) is 0 Å². The van der Waals surface area contributed by atoms with E-state index in [4.69, 9.17) is 14.6 Å². The van der Waals surface area contributed by atoms with Crippen molar-refractivity contribution in [2.24, 2.45) is 0 Å². The van der Waals surface area contributed by atoms with Crippen LogP contribution < -0.4 is 10.6 Å². The van der Waals surface area contributed by atoms with Crippen molar-refractivity contribution in [1.29, 1.82) is 0 Å². The van der Waals surface area contributed by atoms with Crippen LogP contribution in [0.3, 0.4) is 0 Å². The second kappa shape index (κ2) is 11.3. The van der Waals surface area contributed by atoms with Gasteiger partial charge in [-0.2, -0.15) is 0 Å². The monoisotopic (exact) mass is 484 g/mol. The van der Waals surface area contributed by atoms with Gasteiger partial charge in [-0.25, -0.2) is 9.59 Å². The molecule has 0 unspecified atom stereocenters. The van der Waals surface area contributed by atoms with Crippen LogP contribution in [0.4, 0.5) is 4.79 Å². The average Bonchev–Trinajstić information content (AvgIpc) is 3.13. The van der Waals surface area contributed by atoms with Crippen molar-refractivity contribution in [3.05, 3.63) is 59.7 Å². The highest BCUT2D eigenvalue weighted by atomic mass is 16.5. The lowest BCUT2D eigenvalue weighted by molar-refractivity contribution is -0.147. The Balaban J connectivity index is 1.62. The first kappa shape index (κ1) is 26.2. The van der Waals surface area contributed by atoms with E-state index in [1.807, 2.05) is 69.3 Å². The minimum atomic E-state index is -1.59. The van der Waals surface area contributed by atoms with E-state index in [9.17, 15) is 19.5 Å². The van der Waals surface area contributed by atoms with Crippen LogP contribution in [0, 0.1) is 0 Å². The smallest absolute Gasteiger partial charge is 0.407 e. The van der Waals surface area contributed by atoms with Gasteiger partial charge in [-0.15, -0.1) is 0 Å². The van der Waals surface area contributed by atoms with Gasteiger partial charge in [-0.1, -0.05) is 48.5 Å². The fourth-order valence-electron chi connectivity index (χ4n) is 3.88. The molecule has 2 amide bonds. The van der Waals surface area contributed by atoms with Crippen LogP contribution in [0.1, 0.15) is 44.2 Å². The third kappa shape index (κ3) is 7.03. The number of hydrogen-bond donors (Lipinski definition) is 4. The number of benzene rings is 2. The van der Waals surface area contributed by atoms with Gasteiger partial charge in [-0.05, 0) is 43.0 Å². The molecule has 0 spiro atoms. The molecule has 1 aliphatic rings. The summed E-state index contributed by atoms with van der Waals surface area (Å²) in [4.78, 5) is 36.0. The first-order chi connectivity index (χ1) is 16.6. The second-order valence-electron chi connectivity index (χ2n) is 9.38. The summed E-state index contributed by atoms with van der Waals surface area (Å²) in [6.07, 6.45) is -2.52. The minimum absolute atomic E-state index is 0.0787. The zero-order valence-corrected chi connectivity index (χ0v) is 20.1. The summed E-state index contributed by atoms with van der Waals surface area (Å²) >= 11 is 0. The number of ether oxygens (including phenoxy) is 2. The summed E-state index contributed by atoms with van der Waals surface area (Å²) < 4.78 is 11.2. The van der Waals surface area contributed by atoms with Crippen molar-refractivity contribution in [2.45, 2.75) is 50.9 Å². The molecule has 2 atom stereocenters. The molecule has 9 heteroatoms. The molecule has 0 bridgehead atoms. The first-order valence-corrected chi connectivity index (χ1v) is 11.5. The summed E-state index contributed by atoms with van der Waals surface area (Å²) in [7, 11) is 0. The highest BCUT2D eigenvalue weighted by molar-refractivity contribution is 5.86. The van der Waals surface area contributed by atoms with E-state index in [2.05, 4.69) is 10.6 Å². The van der Waals surface area contributed by atoms with E-state index in [0.29, 0.717) is 0 Å². The van der Waals surface area contributed by atoms with Crippen LogP contribution in [0.5, 0.6) is 0 Å². The molecule has 0 fully saturated rings. The molecule has 188 valence electrons. The Bertz CT molecular complexity index is 1020. The maximum atomic E-state index is 12.6. The van der Waals surface area contributed by atoms with Crippen molar-refractivity contribution in [3.63, 3.8) is 0 Å². The Labute approximate surface area is 204 Å². The number of aliphatic carboxylic acids is 1. The number of amides is 2. The number of fused-ring (bicyclic) bond motifs is 3. The molecule has 0 aromatic heterocycles. The number of alkyl carbamates (subject to hydrolysis) is 1. The van der Waals surface area contributed by atoms with E-state index in [0.717, 1.165) is 22.3 Å². The maximum Gasteiger partial charge on any atom is 0.407 e. The van der Waals surface area contributed by atoms with Crippen LogP contribution in [0.25, 0.3) is 11.1 Å². The number of carboxylic acid groups (broad SMARTS) is 1. The van der Waals surface area contributed by atoms with E-state index >= 15 is 0 Å². The van der Waals surface area contributed by atoms with Crippen LogP contribution >= 0.6 is 0 Å². The van der Waals surface area contributed by atoms with Crippen molar-refractivity contribution in [3.8, 4) is 11.1 Å². The van der Waals surface area contributed by atoms with Crippen molar-refractivity contribution < 1.29 is 34.1 Å². The number of carbonyl (C=O) groups is 3. The lowest BCUT2D eigenvalue weighted by Crippen LogP contribution is -2.51. The van der Waals surface area contributed by atoms with Gasteiger partial charge in [0.05, 0.1) is 12.2 Å². The normalized spacial score (nSPS) is 14.4. The van der Waals surface area contributed by atoms with Gasteiger partial charge in [0.2, 0.25) is 5.91 Å². The number of carboxylic acids is 1. The fraction of sp³-hybridized carbons (Fsp3) is 0.423. The van der Waals surface area contributed by atoms with E-state index in [1.165, 1.54) is 0 Å². The summed E-state index contributed by atoms with van der Waals surface area (Å²) in [5.74, 6) is -2.06. The van der Waals surface area contributed by atoms with Gasteiger partial charge >= 0.3 is 12.1 Å². The second-order valence-corrected chi connectivity index (χ2v) is 9.38. The molecule has 2 aromatic rings. The molecule has 0 radical (unpaired) electrons. The van der Waals surface area contributed by atoms with Crippen molar-refractivity contribution >= 4 is 18.0 Å². The van der Waals surface area contributed by atoms with Gasteiger partial charge in [0, 0.05) is 18.9 Å². The Hall–Kier alpha value is -3.43. The molecular formula is C26H32N2O7. The Morgan fingerprint density at radius 1 is 1.00 bits per heavy atom. The summed E-state index contributed by atoms with van der Waals surface area (Å²) in [6, 6.07) is 14.9. The maximum absolute atomic E-state index is 12.6. The van der Waals surface area contributed by atoms with E-state index in [1.54, 1.807) is 0 Å². The molecule has 0 saturated heterocycles.